The molecule has 114 valence electrons. The minimum atomic E-state index is -4.49. The Bertz CT molecular complexity index is 841. The van der Waals surface area contributed by atoms with Crippen LogP contribution in [0, 0.1) is 0 Å². The molecule has 0 spiro atoms. The zero-order valence-electron chi connectivity index (χ0n) is 11.6. The molecule has 6 nitrogen and oxygen atoms in total. The first-order valence-corrected chi connectivity index (χ1v) is 8.80. The summed E-state index contributed by atoms with van der Waals surface area (Å²) < 4.78 is 56.3. The summed E-state index contributed by atoms with van der Waals surface area (Å²) in [6.45, 7) is 4.28. The Balaban J connectivity index is 2.43. The number of fused-ring (bicyclic) bond motifs is 1. The first-order chi connectivity index (χ1) is 9.61. The van der Waals surface area contributed by atoms with Gasteiger partial charge in [0.15, 0.2) is 12.8 Å². The molecule has 0 radical (unpaired) electrons. The Labute approximate surface area is 125 Å². The van der Waals surface area contributed by atoms with Gasteiger partial charge in [-0.05, 0) is 26.0 Å². The van der Waals surface area contributed by atoms with E-state index in [2.05, 4.69) is 0 Å². The van der Waals surface area contributed by atoms with Crippen LogP contribution in [0.1, 0.15) is 25.8 Å². The van der Waals surface area contributed by atoms with Crippen LogP contribution >= 0.6 is 0 Å². The molecular formula is C13H15NO5S2. The first-order valence-electron chi connectivity index (χ1n) is 6.26. The van der Waals surface area contributed by atoms with Gasteiger partial charge >= 0.3 is 0 Å². The zero-order chi connectivity index (χ0) is 15.8. The molecule has 8 heteroatoms. The minimum absolute atomic E-state index is 0.253. The molecule has 2 rings (SSSR count). The highest BCUT2D eigenvalue weighted by atomic mass is 32.2. The van der Waals surface area contributed by atoms with Gasteiger partial charge in [0.25, 0.3) is 0 Å². The fraction of sp³-hybridized carbons (Fsp3) is 0.385. The lowest BCUT2D eigenvalue weighted by Crippen LogP contribution is -2.17. The third kappa shape index (κ3) is 3.39. The lowest BCUT2D eigenvalue weighted by molar-refractivity contribution is -0.431. The quantitative estimate of drug-likeness (QED) is 0.460. The van der Waals surface area contributed by atoms with Gasteiger partial charge < -0.3 is 4.55 Å². The molecule has 0 aliphatic carbocycles. The first kappa shape index (κ1) is 15.9. The molecule has 1 aromatic rings. The third-order valence-electron chi connectivity index (χ3n) is 3.36. The van der Waals surface area contributed by atoms with Gasteiger partial charge in [-0.3, -0.25) is 0 Å². The largest absolute Gasteiger partial charge is 0.744 e. The standard InChI is InChI=1S/C13H15NO5S2/c1-13(2)9-14(6-3-7-20(15)16)12-5-4-10(8-11(12)13)21(17,18)19/h4-5,7-9H,3,6H2,1-2H3. The smallest absolute Gasteiger partial charge is 0.210 e. The number of hydrogen-bond acceptors (Lipinski definition) is 5. The van der Waals surface area contributed by atoms with Gasteiger partial charge in [0.1, 0.15) is 10.1 Å². The second-order valence-electron chi connectivity index (χ2n) is 5.39. The summed E-state index contributed by atoms with van der Waals surface area (Å²) in [6, 6.07) is 4.25. The Kier molecular flexibility index (Phi) is 4.05. The molecule has 0 N–H and O–H groups in total. The summed E-state index contributed by atoms with van der Waals surface area (Å²) in [7, 11) is -6.68. The van der Waals surface area contributed by atoms with Crippen molar-refractivity contribution >= 4 is 37.7 Å². The predicted octanol–water partition coefficient (Wildman–Crippen LogP) is 0.668. The van der Waals surface area contributed by atoms with Crippen molar-refractivity contribution in [3.8, 4) is 0 Å². The van der Waals surface area contributed by atoms with E-state index in [0.29, 0.717) is 13.0 Å². The van der Waals surface area contributed by atoms with E-state index in [4.69, 9.17) is 0 Å². The summed E-state index contributed by atoms with van der Waals surface area (Å²) in [5, 5.41) is 1.18. The van der Waals surface area contributed by atoms with Crippen LogP contribution in [0.2, 0.25) is 0 Å². The van der Waals surface area contributed by atoms with Gasteiger partial charge in [0.05, 0.1) is 10.3 Å². The number of benzene rings is 1. The molecule has 0 aromatic heterocycles. The van der Waals surface area contributed by atoms with Gasteiger partial charge in [0.2, 0.25) is 16.0 Å². The van der Waals surface area contributed by atoms with E-state index in [1.54, 1.807) is 6.07 Å². The molecule has 0 fully saturated rings. The Morgan fingerprint density at radius 1 is 1.33 bits per heavy atom. The molecule has 1 heterocycles. The summed E-state index contributed by atoms with van der Waals surface area (Å²) in [5.41, 5.74) is 1.10. The van der Waals surface area contributed by atoms with Crippen molar-refractivity contribution in [2.24, 2.45) is 0 Å². The lowest BCUT2D eigenvalue weighted by atomic mass is 9.87. The van der Waals surface area contributed by atoms with E-state index < -0.39 is 25.8 Å². The van der Waals surface area contributed by atoms with Crippen LogP contribution in [0.3, 0.4) is 0 Å². The van der Waals surface area contributed by atoms with Crippen molar-refractivity contribution in [1.29, 1.82) is 0 Å². The van der Waals surface area contributed by atoms with E-state index in [1.807, 2.05) is 24.6 Å². The highest BCUT2D eigenvalue weighted by molar-refractivity contribution is 7.85. The molecular weight excluding hydrogens is 314 g/mol. The lowest BCUT2D eigenvalue weighted by Gasteiger charge is -2.13. The number of rotatable bonds is 4. The average Bonchev–Trinajstić information content (AvgIpc) is 2.59. The van der Waals surface area contributed by atoms with Crippen molar-refractivity contribution < 1.29 is 26.0 Å². The Morgan fingerprint density at radius 3 is 2.57 bits per heavy atom. The van der Waals surface area contributed by atoms with E-state index in [9.17, 15) is 21.4 Å². The Morgan fingerprint density at radius 2 is 2.00 bits per heavy atom. The Hall–Kier alpha value is -1.51. The SMILES string of the molecule is CC1(C)C=[N+](CCC=S(=O)=O)c2ccc(S(=O)(=O)[O-])cc21. The number of hydrogen-bond donors (Lipinski definition) is 0. The molecule has 21 heavy (non-hydrogen) atoms. The normalized spacial score (nSPS) is 16.2. The molecule has 1 aromatic carbocycles. The average molecular weight is 329 g/mol. The molecule has 0 bridgehead atoms. The second-order valence-corrected chi connectivity index (χ2v) is 7.63. The molecule has 0 amide bonds. The van der Waals surface area contributed by atoms with Crippen LogP contribution in [-0.4, -0.2) is 44.1 Å². The summed E-state index contributed by atoms with van der Waals surface area (Å²) in [4.78, 5) is -0.253. The molecule has 1 aliphatic heterocycles. The maximum Gasteiger partial charge on any atom is 0.210 e. The van der Waals surface area contributed by atoms with Crippen molar-refractivity contribution in [1.82, 2.24) is 0 Å². The van der Waals surface area contributed by atoms with Crippen LogP contribution < -0.4 is 0 Å². The van der Waals surface area contributed by atoms with Gasteiger partial charge in [-0.25, -0.2) is 13.0 Å². The van der Waals surface area contributed by atoms with Crippen molar-refractivity contribution in [3.63, 3.8) is 0 Å². The maximum absolute atomic E-state index is 11.1. The summed E-state index contributed by atoms with van der Waals surface area (Å²) in [6.07, 6.45) is 2.25. The summed E-state index contributed by atoms with van der Waals surface area (Å²) in [5.74, 6) is 0. The topological polar surface area (TPSA) is 94.3 Å². The minimum Gasteiger partial charge on any atom is -0.744 e. The van der Waals surface area contributed by atoms with Crippen LogP contribution in [0.4, 0.5) is 5.69 Å². The van der Waals surface area contributed by atoms with Crippen molar-refractivity contribution in [3.05, 3.63) is 23.8 Å². The molecule has 0 unspecified atom stereocenters. The molecule has 0 saturated carbocycles. The maximum atomic E-state index is 11.1. The fourth-order valence-corrected chi connectivity index (χ4v) is 3.23. The van der Waals surface area contributed by atoms with Crippen LogP contribution in [0.25, 0.3) is 0 Å². The van der Waals surface area contributed by atoms with Gasteiger partial charge in [-0.15, -0.1) is 0 Å². The van der Waals surface area contributed by atoms with Crippen LogP contribution in [0.15, 0.2) is 23.1 Å². The van der Waals surface area contributed by atoms with Crippen molar-refractivity contribution in [2.45, 2.75) is 30.6 Å². The van der Waals surface area contributed by atoms with Crippen LogP contribution in [0.5, 0.6) is 0 Å². The summed E-state index contributed by atoms with van der Waals surface area (Å²) >= 11 is 0. The van der Waals surface area contributed by atoms with E-state index in [0.717, 1.165) is 11.3 Å². The van der Waals surface area contributed by atoms with Gasteiger partial charge in [-0.2, -0.15) is 8.42 Å². The zero-order valence-corrected chi connectivity index (χ0v) is 13.2. The molecule has 0 saturated heterocycles. The predicted molar refractivity (Wildman–Crippen MR) is 77.9 cm³/mol. The third-order valence-corrected chi connectivity index (χ3v) is 4.70. The van der Waals surface area contributed by atoms with Gasteiger partial charge in [0, 0.05) is 23.4 Å². The van der Waals surface area contributed by atoms with Crippen LogP contribution in [-0.2, 0) is 25.8 Å². The van der Waals surface area contributed by atoms with E-state index >= 15 is 0 Å². The van der Waals surface area contributed by atoms with Gasteiger partial charge in [-0.1, -0.05) is 0 Å². The molecule has 0 atom stereocenters. The highest BCUT2D eigenvalue weighted by Crippen LogP contribution is 2.37. The molecule has 1 aliphatic rings. The number of nitrogens with zero attached hydrogens (tertiary/aromatic N) is 1. The van der Waals surface area contributed by atoms with E-state index in [1.165, 1.54) is 17.5 Å². The van der Waals surface area contributed by atoms with Crippen molar-refractivity contribution in [2.75, 3.05) is 6.54 Å². The second kappa shape index (κ2) is 5.36. The monoisotopic (exact) mass is 329 g/mol. The highest BCUT2D eigenvalue weighted by Gasteiger charge is 2.37. The fourth-order valence-electron chi connectivity index (χ4n) is 2.44. The van der Waals surface area contributed by atoms with E-state index in [-0.39, 0.29) is 4.90 Å².